The quantitative estimate of drug-likeness (QED) is 0.180. The van der Waals surface area contributed by atoms with E-state index in [0.717, 1.165) is 37.0 Å². The molecule has 0 N–H and O–H groups in total. The molecule has 2 aliphatic rings. The number of nitrogens with zero attached hydrogens (tertiary/aromatic N) is 3. The fourth-order valence-electron chi connectivity index (χ4n) is 6.10. The van der Waals surface area contributed by atoms with E-state index >= 15 is 4.79 Å². The number of imide groups is 1. The van der Waals surface area contributed by atoms with Crippen molar-refractivity contribution in [2.24, 2.45) is 5.10 Å². The number of hydrazone groups is 1. The van der Waals surface area contributed by atoms with Crippen molar-refractivity contribution in [3.63, 3.8) is 0 Å². The summed E-state index contributed by atoms with van der Waals surface area (Å²) in [6.45, 7) is 0. The maximum absolute atomic E-state index is 15.3. The lowest BCUT2D eigenvalue weighted by Crippen LogP contribution is -2.54. The summed E-state index contributed by atoms with van der Waals surface area (Å²) in [6, 6.07) is 42.1. The van der Waals surface area contributed by atoms with Crippen LogP contribution in [0.2, 0.25) is 0 Å². The minimum atomic E-state index is -1.39. The standard InChI is InChI=1S/C35H23Br2N3O2/c36-25-19-21-26(22-20-25)40-35(31(27-15-7-9-17-29(27)37)32(38-40)23-11-3-1-4-12-23)28-16-8-10-18-30(28)39(34(35)42)33(41)24-13-5-2-6-14-24/h1-22,31H/t31-,35-/m1/s1. The predicted molar refractivity (Wildman–Crippen MR) is 173 cm³/mol. The first-order valence-electron chi connectivity index (χ1n) is 13.5. The molecule has 42 heavy (non-hydrogen) atoms. The van der Waals surface area contributed by atoms with E-state index in [1.54, 1.807) is 24.3 Å². The molecule has 7 rings (SSSR count). The summed E-state index contributed by atoms with van der Waals surface area (Å²) in [5.41, 5.74) is 3.60. The topological polar surface area (TPSA) is 53.0 Å². The molecule has 2 amide bonds. The Hall–Kier alpha value is -4.33. The molecule has 1 spiro atoms. The summed E-state index contributed by atoms with van der Waals surface area (Å²) in [6.07, 6.45) is 0. The molecule has 5 aromatic rings. The molecule has 0 saturated carbocycles. The lowest BCUT2D eigenvalue weighted by atomic mass is 9.71. The van der Waals surface area contributed by atoms with Gasteiger partial charge in [0.05, 0.1) is 23.0 Å². The molecule has 5 aromatic carbocycles. The van der Waals surface area contributed by atoms with Crippen LogP contribution >= 0.6 is 31.9 Å². The van der Waals surface area contributed by atoms with Crippen molar-refractivity contribution in [1.82, 2.24) is 0 Å². The Balaban J connectivity index is 1.56. The van der Waals surface area contributed by atoms with Gasteiger partial charge in [0.15, 0.2) is 5.54 Å². The molecule has 204 valence electrons. The maximum atomic E-state index is 15.3. The van der Waals surface area contributed by atoms with E-state index in [-0.39, 0.29) is 11.8 Å². The molecule has 0 unspecified atom stereocenters. The van der Waals surface area contributed by atoms with Gasteiger partial charge >= 0.3 is 0 Å². The summed E-state index contributed by atoms with van der Waals surface area (Å²) >= 11 is 7.34. The third kappa shape index (κ3) is 3.99. The number of para-hydroxylation sites is 1. The van der Waals surface area contributed by atoms with Gasteiger partial charge in [-0.3, -0.25) is 9.59 Å². The number of benzene rings is 5. The average Bonchev–Trinajstić information content (AvgIpc) is 3.51. The number of hydrogen-bond acceptors (Lipinski definition) is 4. The first-order valence-corrected chi connectivity index (χ1v) is 15.1. The summed E-state index contributed by atoms with van der Waals surface area (Å²) in [4.78, 5) is 30.8. The molecule has 0 bridgehead atoms. The summed E-state index contributed by atoms with van der Waals surface area (Å²) in [5.74, 6) is -1.28. The number of halogens is 2. The van der Waals surface area contributed by atoms with Crippen LogP contribution < -0.4 is 9.91 Å². The summed E-state index contributed by atoms with van der Waals surface area (Å²) < 4.78 is 1.77. The summed E-state index contributed by atoms with van der Waals surface area (Å²) in [7, 11) is 0. The number of carbonyl (C=O) groups excluding carboxylic acids is 2. The van der Waals surface area contributed by atoms with Crippen LogP contribution in [0.1, 0.15) is 33.0 Å². The smallest absolute Gasteiger partial charge is 0.267 e. The third-order valence-corrected chi connectivity index (χ3v) is 9.15. The second kappa shape index (κ2) is 10.5. The van der Waals surface area contributed by atoms with Crippen molar-refractivity contribution in [3.8, 4) is 0 Å². The molecule has 2 heterocycles. The lowest BCUT2D eigenvalue weighted by Gasteiger charge is -2.38. The van der Waals surface area contributed by atoms with E-state index in [2.05, 4.69) is 31.9 Å². The normalized spacial score (nSPS) is 19.2. The highest BCUT2D eigenvalue weighted by Gasteiger charge is 2.66. The van der Waals surface area contributed by atoms with Crippen molar-refractivity contribution < 1.29 is 9.59 Å². The molecule has 0 aromatic heterocycles. The summed E-state index contributed by atoms with van der Waals surface area (Å²) in [5, 5.41) is 7.09. The van der Waals surface area contributed by atoms with Crippen molar-refractivity contribution >= 4 is 60.8 Å². The van der Waals surface area contributed by atoms with E-state index in [4.69, 9.17) is 5.10 Å². The highest BCUT2D eigenvalue weighted by Crippen LogP contribution is 2.58. The highest BCUT2D eigenvalue weighted by atomic mass is 79.9. The van der Waals surface area contributed by atoms with Crippen LogP contribution in [-0.2, 0) is 10.3 Å². The van der Waals surface area contributed by atoms with E-state index in [0.29, 0.717) is 11.3 Å². The minimum Gasteiger partial charge on any atom is -0.271 e. The van der Waals surface area contributed by atoms with Crippen LogP contribution in [0, 0.1) is 0 Å². The largest absolute Gasteiger partial charge is 0.271 e. The van der Waals surface area contributed by atoms with E-state index in [1.165, 1.54) is 4.90 Å². The van der Waals surface area contributed by atoms with Gasteiger partial charge in [-0.15, -0.1) is 0 Å². The van der Waals surface area contributed by atoms with Gasteiger partial charge in [-0.05, 0) is 59.7 Å². The number of anilines is 2. The highest BCUT2D eigenvalue weighted by molar-refractivity contribution is 9.10. The van der Waals surface area contributed by atoms with E-state index in [9.17, 15) is 4.79 Å². The molecule has 0 saturated heterocycles. The van der Waals surface area contributed by atoms with Gasteiger partial charge in [0.25, 0.3) is 11.8 Å². The Kier molecular flexibility index (Phi) is 6.64. The van der Waals surface area contributed by atoms with Gasteiger partial charge in [0.2, 0.25) is 0 Å². The lowest BCUT2D eigenvalue weighted by molar-refractivity contribution is -0.122. The van der Waals surface area contributed by atoms with Gasteiger partial charge in [-0.1, -0.05) is 117 Å². The molecule has 0 fully saturated rings. The van der Waals surface area contributed by atoms with E-state index in [1.807, 2.05) is 114 Å². The maximum Gasteiger partial charge on any atom is 0.267 e. The molecule has 2 aliphatic heterocycles. The Morgan fingerprint density at radius 1 is 0.714 bits per heavy atom. The number of fused-ring (bicyclic) bond motifs is 2. The fourth-order valence-corrected chi connectivity index (χ4v) is 6.88. The second-order valence-electron chi connectivity index (χ2n) is 10.2. The van der Waals surface area contributed by atoms with Crippen LogP contribution in [0.4, 0.5) is 11.4 Å². The Morgan fingerprint density at radius 3 is 2.05 bits per heavy atom. The zero-order chi connectivity index (χ0) is 28.8. The minimum absolute atomic E-state index is 0.351. The average molecular weight is 677 g/mol. The zero-order valence-corrected chi connectivity index (χ0v) is 25.4. The first-order chi connectivity index (χ1) is 20.5. The number of rotatable bonds is 4. The van der Waals surface area contributed by atoms with Crippen LogP contribution in [0.25, 0.3) is 0 Å². The Labute approximate surface area is 260 Å². The van der Waals surface area contributed by atoms with Crippen LogP contribution in [0.5, 0.6) is 0 Å². The second-order valence-corrected chi connectivity index (χ2v) is 12.0. The zero-order valence-electron chi connectivity index (χ0n) is 22.2. The van der Waals surface area contributed by atoms with E-state index < -0.39 is 11.5 Å². The number of amides is 2. The van der Waals surface area contributed by atoms with Crippen LogP contribution in [0.15, 0.2) is 148 Å². The van der Waals surface area contributed by atoms with Crippen molar-refractivity contribution in [1.29, 1.82) is 0 Å². The van der Waals surface area contributed by atoms with Crippen LogP contribution in [-0.4, -0.2) is 17.5 Å². The SMILES string of the molecule is O=C(c1ccccc1)N1C(=O)[C@@]2(c3ccccc31)[C@H](c1ccccc1Br)C(c1ccccc1)=NN2c1ccc(Br)cc1. The molecule has 5 nitrogen and oxygen atoms in total. The van der Waals surface area contributed by atoms with Gasteiger partial charge in [-0.25, -0.2) is 9.91 Å². The Morgan fingerprint density at radius 2 is 1.33 bits per heavy atom. The van der Waals surface area contributed by atoms with Crippen molar-refractivity contribution in [3.05, 3.63) is 165 Å². The third-order valence-electron chi connectivity index (χ3n) is 7.90. The van der Waals surface area contributed by atoms with Gasteiger partial charge in [0, 0.05) is 20.1 Å². The monoisotopic (exact) mass is 675 g/mol. The Bertz CT molecular complexity index is 1860. The first kappa shape index (κ1) is 26.6. The van der Waals surface area contributed by atoms with Gasteiger partial charge in [-0.2, -0.15) is 5.10 Å². The fraction of sp³-hybridized carbons (Fsp3) is 0.0571. The number of carbonyl (C=O) groups is 2. The molecule has 0 aliphatic carbocycles. The molecule has 2 atom stereocenters. The predicted octanol–water partition coefficient (Wildman–Crippen LogP) is 8.30. The molecule has 7 heteroatoms. The number of hydrogen-bond donors (Lipinski definition) is 0. The van der Waals surface area contributed by atoms with Gasteiger partial charge in [0.1, 0.15) is 0 Å². The van der Waals surface area contributed by atoms with Crippen molar-refractivity contribution in [2.75, 3.05) is 9.91 Å². The molecular weight excluding hydrogens is 654 g/mol. The van der Waals surface area contributed by atoms with Crippen molar-refractivity contribution in [2.45, 2.75) is 11.5 Å². The van der Waals surface area contributed by atoms with Gasteiger partial charge < -0.3 is 0 Å². The van der Waals surface area contributed by atoms with Crippen LogP contribution in [0.3, 0.4) is 0 Å². The molecular formula is C35H23Br2N3O2. The molecule has 0 radical (unpaired) electrons.